The molecule has 0 fully saturated rings. The van der Waals surface area contributed by atoms with E-state index in [0.717, 1.165) is 11.4 Å². The van der Waals surface area contributed by atoms with Crippen molar-refractivity contribution >= 4 is 22.9 Å². The number of hydrogen-bond acceptors (Lipinski definition) is 3. The van der Waals surface area contributed by atoms with Crippen LogP contribution in [-0.4, -0.2) is 18.6 Å². The monoisotopic (exact) mass is 272 g/mol. The molecule has 3 nitrogen and oxygen atoms in total. The second kappa shape index (κ2) is 6.75. The number of nitrogens with one attached hydrogen (secondary N) is 1. The van der Waals surface area contributed by atoms with Crippen molar-refractivity contribution < 1.29 is 4.74 Å². The maximum absolute atomic E-state index is 5.57. The van der Waals surface area contributed by atoms with E-state index in [4.69, 9.17) is 17.0 Å². The fourth-order valence-corrected chi connectivity index (χ4v) is 1.80. The van der Waals surface area contributed by atoms with Crippen LogP contribution in [0.5, 0.6) is 5.75 Å². The van der Waals surface area contributed by atoms with Crippen molar-refractivity contribution in [3.8, 4) is 5.75 Å². The Morgan fingerprint density at radius 1 is 1.05 bits per heavy atom. The molecule has 0 saturated heterocycles. The molecule has 98 valence electrons. The Hall–Kier alpha value is -2.07. The number of hydrogen-bond donors (Lipinski definition) is 1. The lowest BCUT2D eigenvalue weighted by Crippen LogP contribution is -2.40. The maximum Gasteiger partial charge on any atom is 0.140 e. The van der Waals surface area contributed by atoms with E-state index >= 15 is 0 Å². The predicted octanol–water partition coefficient (Wildman–Crippen LogP) is 3.03. The van der Waals surface area contributed by atoms with Gasteiger partial charge in [-0.3, -0.25) is 10.4 Å². The summed E-state index contributed by atoms with van der Waals surface area (Å²) in [6.07, 6.45) is 0. The van der Waals surface area contributed by atoms with Crippen LogP contribution in [0.15, 0.2) is 60.7 Å². The third-order valence-electron chi connectivity index (χ3n) is 2.55. The summed E-state index contributed by atoms with van der Waals surface area (Å²) >= 11 is 5.25. The van der Waals surface area contributed by atoms with E-state index in [2.05, 4.69) is 5.43 Å². The van der Waals surface area contributed by atoms with Gasteiger partial charge < -0.3 is 4.74 Å². The fraction of sp³-hybridized carbons (Fsp3) is 0.133. The molecule has 0 aliphatic carbocycles. The lowest BCUT2D eigenvalue weighted by Gasteiger charge is -2.21. The van der Waals surface area contributed by atoms with E-state index in [-0.39, 0.29) is 0 Å². The topological polar surface area (TPSA) is 24.5 Å². The molecule has 0 aliphatic heterocycles. The van der Waals surface area contributed by atoms with Gasteiger partial charge in [0.1, 0.15) is 17.3 Å². The number of anilines is 1. The van der Waals surface area contributed by atoms with Crippen molar-refractivity contribution in [3.63, 3.8) is 0 Å². The number of rotatable bonds is 5. The largest absolute Gasteiger partial charge is 0.486 e. The van der Waals surface area contributed by atoms with Crippen molar-refractivity contribution in [2.75, 3.05) is 18.7 Å². The molecule has 0 unspecified atom stereocenters. The molecule has 19 heavy (non-hydrogen) atoms. The van der Waals surface area contributed by atoms with Gasteiger partial charge in [0.05, 0.1) is 5.69 Å². The lowest BCUT2D eigenvalue weighted by atomic mass is 10.3. The Morgan fingerprint density at radius 3 is 2.26 bits per heavy atom. The van der Waals surface area contributed by atoms with Crippen LogP contribution in [0.4, 0.5) is 5.69 Å². The highest BCUT2D eigenvalue weighted by molar-refractivity contribution is 7.80. The van der Waals surface area contributed by atoms with Gasteiger partial charge in [0.2, 0.25) is 0 Å². The third-order valence-corrected chi connectivity index (χ3v) is 2.76. The maximum atomic E-state index is 5.57. The average molecular weight is 272 g/mol. The molecule has 2 aromatic rings. The highest BCUT2D eigenvalue weighted by Gasteiger charge is 2.03. The van der Waals surface area contributed by atoms with Gasteiger partial charge >= 0.3 is 0 Å². The number of nitrogens with zero attached hydrogens (tertiary/aromatic N) is 1. The summed E-state index contributed by atoms with van der Waals surface area (Å²) in [7, 11) is 1.92. The molecular weight excluding hydrogens is 256 g/mol. The van der Waals surface area contributed by atoms with Gasteiger partial charge in [0.25, 0.3) is 0 Å². The minimum Gasteiger partial charge on any atom is -0.486 e. The SMILES string of the molecule is CN(NC(=S)COc1ccccc1)c1ccccc1. The third kappa shape index (κ3) is 4.26. The Kier molecular flexibility index (Phi) is 4.75. The summed E-state index contributed by atoms with van der Waals surface area (Å²) in [4.78, 5) is 0.634. The smallest absolute Gasteiger partial charge is 0.140 e. The molecule has 0 radical (unpaired) electrons. The number of hydrazine groups is 1. The van der Waals surface area contributed by atoms with Crippen LogP contribution < -0.4 is 15.2 Å². The van der Waals surface area contributed by atoms with Crippen molar-refractivity contribution in [2.45, 2.75) is 0 Å². The van der Waals surface area contributed by atoms with E-state index in [9.17, 15) is 0 Å². The highest BCUT2D eigenvalue weighted by Crippen LogP contribution is 2.10. The van der Waals surface area contributed by atoms with Crippen LogP contribution in [-0.2, 0) is 0 Å². The van der Waals surface area contributed by atoms with Crippen molar-refractivity contribution in [3.05, 3.63) is 60.7 Å². The first-order valence-electron chi connectivity index (χ1n) is 6.02. The van der Waals surface area contributed by atoms with Crippen molar-refractivity contribution in [1.82, 2.24) is 5.43 Å². The second-order valence-electron chi connectivity index (χ2n) is 4.03. The molecule has 2 rings (SSSR count). The molecule has 0 amide bonds. The molecule has 4 heteroatoms. The van der Waals surface area contributed by atoms with Gasteiger partial charge in [-0.2, -0.15) is 0 Å². The highest BCUT2D eigenvalue weighted by atomic mass is 32.1. The van der Waals surface area contributed by atoms with Gasteiger partial charge in [-0.1, -0.05) is 48.6 Å². The number of benzene rings is 2. The molecule has 0 saturated carbocycles. The van der Waals surface area contributed by atoms with Gasteiger partial charge in [-0.05, 0) is 24.3 Å². The number of thiocarbonyl (C=S) groups is 1. The molecule has 0 heterocycles. The Balaban J connectivity index is 1.82. The molecule has 0 spiro atoms. The van der Waals surface area contributed by atoms with Gasteiger partial charge in [-0.25, -0.2) is 0 Å². The fourth-order valence-electron chi connectivity index (χ4n) is 1.60. The van der Waals surface area contributed by atoms with E-state index in [1.807, 2.05) is 72.7 Å². The number of ether oxygens (including phenoxy) is 1. The first-order chi connectivity index (χ1) is 9.25. The quantitative estimate of drug-likeness (QED) is 0.668. The minimum atomic E-state index is 0.358. The van der Waals surface area contributed by atoms with Gasteiger partial charge in [-0.15, -0.1) is 0 Å². The summed E-state index contributed by atoms with van der Waals surface area (Å²) in [5.41, 5.74) is 4.15. The average Bonchev–Trinajstić information content (AvgIpc) is 2.47. The van der Waals surface area contributed by atoms with Crippen molar-refractivity contribution in [1.29, 1.82) is 0 Å². The predicted molar refractivity (Wildman–Crippen MR) is 82.5 cm³/mol. The Morgan fingerprint density at radius 2 is 1.63 bits per heavy atom. The van der Waals surface area contributed by atoms with Crippen LogP contribution in [0.2, 0.25) is 0 Å². The van der Waals surface area contributed by atoms with Crippen LogP contribution in [0, 0.1) is 0 Å². The van der Waals surface area contributed by atoms with Gasteiger partial charge in [0, 0.05) is 7.05 Å². The summed E-state index contributed by atoms with van der Waals surface area (Å²) in [6.45, 7) is 0.358. The zero-order valence-electron chi connectivity index (χ0n) is 10.7. The van der Waals surface area contributed by atoms with E-state index in [0.29, 0.717) is 11.6 Å². The zero-order chi connectivity index (χ0) is 13.5. The van der Waals surface area contributed by atoms with Crippen LogP contribution >= 0.6 is 12.2 Å². The summed E-state index contributed by atoms with van der Waals surface area (Å²) in [6, 6.07) is 19.6. The molecule has 0 aromatic heterocycles. The second-order valence-corrected chi connectivity index (χ2v) is 4.52. The zero-order valence-corrected chi connectivity index (χ0v) is 11.6. The molecule has 0 aliphatic rings. The molecule has 2 aromatic carbocycles. The standard InChI is InChI=1S/C15H16N2OS/c1-17(13-8-4-2-5-9-13)16-15(19)12-18-14-10-6-3-7-11-14/h2-11H,12H2,1H3,(H,16,19). The van der Waals surface area contributed by atoms with Gasteiger partial charge in [0.15, 0.2) is 0 Å². The lowest BCUT2D eigenvalue weighted by molar-refractivity contribution is 0.374. The molecule has 0 bridgehead atoms. The number of para-hydroxylation sites is 2. The summed E-state index contributed by atoms with van der Waals surface area (Å²) in [5, 5.41) is 1.87. The minimum absolute atomic E-state index is 0.358. The Bertz CT molecular complexity index is 516. The van der Waals surface area contributed by atoms with E-state index in [1.165, 1.54) is 0 Å². The van der Waals surface area contributed by atoms with Crippen LogP contribution in [0.3, 0.4) is 0 Å². The summed E-state index contributed by atoms with van der Waals surface area (Å²) < 4.78 is 5.57. The molecule has 0 atom stereocenters. The normalized spacial score (nSPS) is 9.74. The molecular formula is C15H16N2OS. The first-order valence-corrected chi connectivity index (χ1v) is 6.42. The van der Waals surface area contributed by atoms with E-state index < -0.39 is 0 Å². The van der Waals surface area contributed by atoms with E-state index in [1.54, 1.807) is 0 Å². The van der Waals surface area contributed by atoms with Crippen LogP contribution in [0.25, 0.3) is 0 Å². The first kappa shape index (κ1) is 13.4. The van der Waals surface area contributed by atoms with Crippen molar-refractivity contribution in [2.24, 2.45) is 0 Å². The Labute approximate surface area is 118 Å². The summed E-state index contributed by atoms with van der Waals surface area (Å²) in [5.74, 6) is 0.814. The molecule has 1 N–H and O–H groups in total. The van der Waals surface area contributed by atoms with Crippen LogP contribution in [0.1, 0.15) is 0 Å².